The maximum atomic E-state index is 9.10. The number of hydrogen-bond donors (Lipinski definition) is 2. The molecule has 3 N–H and O–H groups in total. The Kier molecular flexibility index (Phi) is 1.74. The molecular formula is C13H10N2O. The average Bonchev–Trinajstić information content (AvgIpc) is 2.61. The molecule has 0 aromatic heterocycles. The van der Waals surface area contributed by atoms with E-state index in [4.69, 9.17) is 10.9 Å². The largest absolute Gasteiger partial charge is 0.410 e. The van der Waals surface area contributed by atoms with E-state index in [1.165, 1.54) is 0 Å². The predicted octanol–water partition coefficient (Wildman–Crippen LogP) is 2.48. The van der Waals surface area contributed by atoms with Gasteiger partial charge in [0, 0.05) is 16.8 Å². The highest BCUT2D eigenvalue weighted by Crippen LogP contribution is 2.37. The van der Waals surface area contributed by atoms with Gasteiger partial charge in [0.25, 0.3) is 0 Å². The van der Waals surface area contributed by atoms with Crippen molar-refractivity contribution in [2.75, 3.05) is 5.73 Å². The molecule has 0 bridgehead atoms. The van der Waals surface area contributed by atoms with Crippen molar-refractivity contribution in [2.24, 2.45) is 5.16 Å². The minimum Gasteiger partial charge on any atom is -0.410 e. The third-order valence-electron chi connectivity index (χ3n) is 2.87. The fraction of sp³-hybridized carbons (Fsp3) is 0. The van der Waals surface area contributed by atoms with Crippen LogP contribution in [0.2, 0.25) is 0 Å². The van der Waals surface area contributed by atoms with Gasteiger partial charge in [-0.1, -0.05) is 35.5 Å². The Morgan fingerprint density at radius 3 is 2.31 bits per heavy atom. The summed E-state index contributed by atoms with van der Waals surface area (Å²) in [4.78, 5) is 0. The minimum atomic E-state index is 0.595. The lowest BCUT2D eigenvalue weighted by Gasteiger charge is -2.00. The standard InChI is InChI=1S/C13H10N2O/c14-8-5-6-10-9-3-1-2-4-11(9)13(15-16)12(10)7-8/h1-7,16H,14H2. The van der Waals surface area contributed by atoms with Gasteiger partial charge in [-0.15, -0.1) is 0 Å². The molecule has 0 heterocycles. The van der Waals surface area contributed by atoms with Crippen LogP contribution in [-0.4, -0.2) is 10.9 Å². The van der Waals surface area contributed by atoms with Gasteiger partial charge < -0.3 is 10.9 Å². The number of anilines is 1. The zero-order chi connectivity index (χ0) is 11.1. The second kappa shape index (κ2) is 3.10. The summed E-state index contributed by atoms with van der Waals surface area (Å²) in [6, 6.07) is 13.5. The highest BCUT2D eigenvalue weighted by atomic mass is 16.4. The smallest absolute Gasteiger partial charge is 0.118 e. The van der Waals surface area contributed by atoms with Crippen molar-refractivity contribution < 1.29 is 5.21 Å². The third-order valence-corrected chi connectivity index (χ3v) is 2.87. The fourth-order valence-electron chi connectivity index (χ4n) is 2.17. The van der Waals surface area contributed by atoms with Gasteiger partial charge in [0.1, 0.15) is 5.71 Å². The first-order valence-electron chi connectivity index (χ1n) is 5.03. The second-order valence-electron chi connectivity index (χ2n) is 3.80. The SMILES string of the molecule is Nc1ccc2c(c1)C(=NO)c1ccccc1-2. The highest BCUT2D eigenvalue weighted by Gasteiger charge is 2.24. The maximum absolute atomic E-state index is 9.10. The van der Waals surface area contributed by atoms with Crippen LogP contribution in [0.4, 0.5) is 5.69 Å². The monoisotopic (exact) mass is 210 g/mol. The van der Waals surface area contributed by atoms with Crippen LogP contribution in [0.5, 0.6) is 0 Å². The molecule has 0 atom stereocenters. The Labute approximate surface area is 92.8 Å². The van der Waals surface area contributed by atoms with Crippen molar-refractivity contribution in [3.63, 3.8) is 0 Å². The normalized spacial score (nSPS) is 14.9. The highest BCUT2D eigenvalue weighted by molar-refractivity contribution is 6.24. The van der Waals surface area contributed by atoms with Crippen molar-refractivity contribution in [2.45, 2.75) is 0 Å². The maximum Gasteiger partial charge on any atom is 0.118 e. The number of nitrogens with zero attached hydrogens (tertiary/aromatic N) is 1. The van der Waals surface area contributed by atoms with Crippen molar-refractivity contribution in [1.82, 2.24) is 0 Å². The van der Waals surface area contributed by atoms with E-state index in [1.54, 1.807) is 0 Å². The van der Waals surface area contributed by atoms with E-state index in [1.807, 2.05) is 42.5 Å². The van der Waals surface area contributed by atoms with E-state index in [0.717, 1.165) is 22.3 Å². The topological polar surface area (TPSA) is 58.6 Å². The molecule has 0 radical (unpaired) electrons. The van der Waals surface area contributed by atoms with Gasteiger partial charge in [-0.25, -0.2) is 0 Å². The predicted molar refractivity (Wildman–Crippen MR) is 63.7 cm³/mol. The van der Waals surface area contributed by atoms with E-state index in [-0.39, 0.29) is 0 Å². The first-order valence-corrected chi connectivity index (χ1v) is 5.03. The zero-order valence-corrected chi connectivity index (χ0v) is 8.51. The molecule has 0 saturated heterocycles. The molecule has 2 aromatic carbocycles. The van der Waals surface area contributed by atoms with Crippen molar-refractivity contribution in [1.29, 1.82) is 0 Å². The van der Waals surface area contributed by atoms with Crippen LogP contribution >= 0.6 is 0 Å². The lowest BCUT2D eigenvalue weighted by atomic mass is 10.1. The summed E-state index contributed by atoms with van der Waals surface area (Å²) in [7, 11) is 0. The lowest BCUT2D eigenvalue weighted by Crippen LogP contribution is -1.98. The summed E-state index contributed by atoms with van der Waals surface area (Å²) in [6.45, 7) is 0. The molecule has 0 unspecified atom stereocenters. The molecule has 0 spiro atoms. The zero-order valence-electron chi connectivity index (χ0n) is 8.51. The van der Waals surface area contributed by atoms with Crippen LogP contribution in [-0.2, 0) is 0 Å². The number of hydrogen-bond acceptors (Lipinski definition) is 3. The quantitative estimate of drug-likeness (QED) is 0.340. The molecule has 78 valence electrons. The molecule has 1 aliphatic carbocycles. The number of benzene rings is 2. The second-order valence-corrected chi connectivity index (χ2v) is 3.80. The van der Waals surface area contributed by atoms with Gasteiger partial charge in [0.15, 0.2) is 0 Å². The summed E-state index contributed by atoms with van der Waals surface area (Å²) in [5, 5.41) is 12.5. The van der Waals surface area contributed by atoms with E-state index in [0.29, 0.717) is 11.4 Å². The first kappa shape index (κ1) is 8.97. The molecule has 2 aromatic rings. The van der Waals surface area contributed by atoms with Gasteiger partial charge in [-0.05, 0) is 23.3 Å². The number of oxime groups is 1. The van der Waals surface area contributed by atoms with E-state index in [2.05, 4.69) is 5.16 Å². The van der Waals surface area contributed by atoms with Crippen molar-refractivity contribution >= 4 is 11.4 Å². The Balaban J connectivity index is 2.39. The van der Waals surface area contributed by atoms with Crippen LogP contribution in [0, 0.1) is 0 Å². The Hall–Kier alpha value is -2.29. The Bertz CT molecular complexity index is 603. The summed E-state index contributed by atoms with van der Waals surface area (Å²) in [5.74, 6) is 0. The summed E-state index contributed by atoms with van der Waals surface area (Å²) >= 11 is 0. The molecule has 3 nitrogen and oxygen atoms in total. The molecule has 0 saturated carbocycles. The lowest BCUT2D eigenvalue weighted by molar-refractivity contribution is 0.320. The van der Waals surface area contributed by atoms with Gasteiger partial charge >= 0.3 is 0 Å². The third kappa shape index (κ3) is 1.05. The van der Waals surface area contributed by atoms with Crippen molar-refractivity contribution in [3.05, 3.63) is 53.6 Å². The molecule has 16 heavy (non-hydrogen) atoms. The first-order chi connectivity index (χ1) is 7.81. The van der Waals surface area contributed by atoms with Crippen LogP contribution < -0.4 is 5.73 Å². The summed E-state index contributed by atoms with van der Waals surface area (Å²) in [5.41, 5.74) is 11.0. The number of nitrogens with two attached hydrogens (primary N) is 1. The van der Waals surface area contributed by atoms with Gasteiger partial charge in [-0.2, -0.15) is 0 Å². The fourth-order valence-corrected chi connectivity index (χ4v) is 2.17. The molecule has 1 aliphatic rings. The van der Waals surface area contributed by atoms with E-state index >= 15 is 0 Å². The van der Waals surface area contributed by atoms with Gasteiger partial charge in [0.2, 0.25) is 0 Å². The van der Waals surface area contributed by atoms with Gasteiger partial charge in [-0.3, -0.25) is 0 Å². The van der Waals surface area contributed by atoms with E-state index < -0.39 is 0 Å². The Morgan fingerprint density at radius 1 is 0.875 bits per heavy atom. The minimum absolute atomic E-state index is 0.595. The van der Waals surface area contributed by atoms with Crippen LogP contribution in [0.25, 0.3) is 11.1 Å². The summed E-state index contributed by atoms with van der Waals surface area (Å²) in [6.07, 6.45) is 0. The average molecular weight is 210 g/mol. The number of rotatable bonds is 0. The molecule has 3 rings (SSSR count). The molecule has 3 heteroatoms. The molecule has 0 fully saturated rings. The summed E-state index contributed by atoms with van der Waals surface area (Å²) < 4.78 is 0. The van der Waals surface area contributed by atoms with Gasteiger partial charge in [0.05, 0.1) is 0 Å². The molecule has 0 aliphatic heterocycles. The molecule has 0 amide bonds. The van der Waals surface area contributed by atoms with Crippen LogP contribution in [0.3, 0.4) is 0 Å². The van der Waals surface area contributed by atoms with Crippen LogP contribution in [0.1, 0.15) is 11.1 Å². The number of fused-ring (bicyclic) bond motifs is 3. The van der Waals surface area contributed by atoms with Crippen LogP contribution in [0.15, 0.2) is 47.6 Å². The van der Waals surface area contributed by atoms with E-state index in [9.17, 15) is 0 Å². The number of nitrogen functional groups attached to an aromatic ring is 1. The molecular weight excluding hydrogens is 200 g/mol. The van der Waals surface area contributed by atoms with Crippen molar-refractivity contribution in [3.8, 4) is 11.1 Å². The Morgan fingerprint density at radius 2 is 1.56 bits per heavy atom.